The number of imidazole rings is 1. The quantitative estimate of drug-likeness (QED) is 0.864. The van der Waals surface area contributed by atoms with Crippen LogP contribution in [0.4, 0.5) is 11.6 Å². The molecule has 1 aromatic carbocycles. The molecular weight excluding hydrogens is 222 g/mol. The standard InChI is InChI=1S/C15H19N3/c1-12-11-18(10-9-13-7-8-13)15(16-12)17-14-5-3-2-4-6-14/h2-6,11,13H,7-10H2,1H3,(H,16,17). The van der Waals surface area contributed by atoms with Crippen LogP contribution >= 0.6 is 0 Å². The summed E-state index contributed by atoms with van der Waals surface area (Å²) in [5.41, 5.74) is 2.17. The summed E-state index contributed by atoms with van der Waals surface area (Å²) in [6.45, 7) is 3.12. The van der Waals surface area contributed by atoms with Gasteiger partial charge in [-0.25, -0.2) is 4.98 Å². The van der Waals surface area contributed by atoms with Gasteiger partial charge in [-0.15, -0.1) is 0 Å². The number of nitrogens with zero attached hydrogens (tertiary/aromatic N) is 2. The average molecular weight is 241 g/mol. The molecule has 3 heteroatoms. The molecule has 18 heavy (non-hydrogen) atoms. The van der Waals surface area contributed by atoms with Gasteiger partial charge >= 0.3 is 0 Å². The molecule has 1 saturated carbocycles. The van der Waals surface area contributed by atoms with E-state index in [1.165, 1.54) is 19.3 Å². The average Bonchev–Trinajstić information content (AvgIpc) is 3.13. The highest BCUT2D eigenvalue weighted by Crippen LogP contribution is 2.33. The number of hydrogen-bond donors (Lipinski definition) is 1. The molecule has 0 saturated heterocycles. The zero-order chi connectivity index (χ0) is 12.4. The molecule has 1 aliphatic rings. The predicted molar refractivity (Wildman–Crippen MR) is 74.0 cm³/mol. The zero-order valence-corrected chi connectivity index (χ0v) is 10.8. The van der Waals surface area contributed by atoms with Crippen LogP contribution in [0.15, 0.2) is 36.5 Å². The molecule has 0 spiro atoms. The second kappa shape index (κ2) is 4.84. The Morgan fingerprint density at radius 3 is 2.78 bits per heavy atom. The van der Waals surface area contributed by atoms with Gasteiger partial charge in [0.1, 0.15) is 0 Å². The fourth-order valence-electron chi connectivity index (χ4n) is 2.20. The molecule has 2 aromatic rings. The van der Waals surface area contributed by atoms with Crippen molar-refractivity contribution in [2.75, 3.05) is 5.32 Å². The van der Waals surface area contributed by atoms with Crippen LogP contribution in [-0.2, 0) is 6.54 Å². The number of aryl methyl sites for hydroxylation is 2. The van der Waals surface area contributed by atoms with Crippen LogP contribution in [-0.4, -0.2) is 9.55 Å². The predicted octanol–water partition coefficient (Wildman–Crippen LogP) is 3.74. The lowest BCUT2D eigenvalue weighted by atomic mass is 10.3. The van der Waals surface area contributed by atoms with Crippen molar-refractivity contribution >= 4 is 11.6 Å². The first-order chi connectivity index (χ1) is 8.81. The van der Waals surface area contributed by atoms with E-state index in [1.54, 1.807) is 0 Å². The van der Waals surface area contributed by atoms with Crippen LogP contribution in [0.3, 0.4) is 0 Å². The monoisotopic (exact) mass is 241 g/mol. The van der Waals surface area contributed by atoms with Gasteiger partial charge in [0, 0.05) is 18.4 Å². The third-order valence-electron chi connectivity index (χ3n) is 3.40. The second-order valence-corrected chi connectivity index (χ2v) is 5.12. The molecule has 0 aliphatic heterocycles. The third kappa shape index (κ3) is 2.73. The second-order valence-electron chi connectivity index (χ2n) is 5.12. The highest BCUT2D eigenvalue weighted by molar-refractivity contribution is 5.53. The first-order valence-corrected chi connectivity index (χ1v) is 6.67. The van der Waals surface area contributed by atoms with Crippen molar-refractivity contribution in [3.8, 4) is 0 Å². The fraction of sp³-hybridized carbons (Fsp3) is 0.400. The van der Waals surface area contributed by atoms with Crippen LogP contribution in [0, 0.1) is 12.8 Å². The summed E-state index contributed by atoms with van der Waals surface area (Å²) in [4.78, 5) is 4.56. The van der Waals surface area contributed by atoms with Crippen LogP contribution in [0.5, 0.6) is 0 Å². The molecule has 1 heterocycles. The van der Waals surface area contributed by atoms with Gasteiger partial charge in [0.2, 0.25) is 5.95 Å². The van der Waals surface area contributed by atoms with Gasteiger partial charge in [-0.05, 0) is 31.4 Å². The molecule has 1 N–H and O–H groups in total. The highest BCUT2D eigenvalue weighted by atomic mass is 15.2. The number of nitrogens with one attached hydrogen (secondary N) is 1. The normalized spacial score (nSPS) is 14.7. The summed E-state index contributed by atoms with van der Waals surface area (Å²) in [7, 11) is 0. The Bertz CT molecular complexity index is 512. The molecule has 0 bridgehead atoms. The van der Waals surface area contributed by atoms with Crippen molar-refractivity contribution in [3.05, 3.63) is 42.2 Å². The zero-order valence-electron chi connectivity index (χ0n) is 10.8. The van der Waals surface area contributed by atoms with Gasteiger partial charge in [-0.3, -0.25) is 0 Å². The molecule has 3 rings (SSSR count). The summed E-state index contributed by atoms with van der Waals surface area (Å²) in [5, 5.41) is 3.39. The van der Waals surface area contributed by atoms with E-state index in [0.29, 0.717) is 0 Å². The summed E-state index contributed by atoms with van der Waals surface area (Å²) in [6, 6.07) is 10.2. The maximum absolute atomic E-state index is 4.56. The maximum Gasteiger partial charge on any atom is 0.207 e. The Labute approximate surface area is 108 Å². The Kier molecular flexibility index (Phi) is 3.05. The minimum absolute atomic E-state index is 0.956. The SMILES string of the molecule is Cc1cn(CCC2CC2)c(Nc2ccccc2)n1. The van der Waals surface area contributed by atoms with E-state index in [-0.39, 0.29) is 0 Å². The Hall–Kier alpha value is -1.77. The lowest BCUT2D eigenvalue weighted by Gasteiger charge is -2.09. The number of anilines is 2. The van der Waals surface area contributed by atoms with E-state index in [4.69, 9.17) is 0 Å². The maximum atomic E-state index is 4.56. The van der Waals surface area contributed by atoms with Crippen molar-refractivity contribution in [1.29, 1.82) is 0 Å². The van der Waals surface area contributed by atoms with E-state index < -0.39 is 0 Å². The molecule has 94 valence electrons. The van der Waals surface area contributed by atoms with E-state index in [1.807, 2.05) is 25.1 Å². The fourth-order valence-corrected chi connectivity index (χ4v) is 2.20. The van der Waals surface area contributed by atoms with E-state index in [2.05, 4.69) is 33.2 Å². The van der Waals surface area contributed by atoms with E-state index in [0.717, 1.165) is 29.8 Å². The lowest BCUT2D eigenvalue weighted by Crippen LogP contribution is -2.03. The van der Waals surface area contributed by atoms with Crippen molar-refractivity contribution in [2.45, 2.75) is 32.7 Å². The molecule has 1 aliphatic carbocycles. The molecule has 3 nitrogen and oxygen atoms in total. The molecule has 1 fully saturated rings. The van der Waals surface area contributed by atoms with Gasteiger partial charge < -0.3 is 9.88 Å². The highest BCUT2D eigenvalue weighted by Gasteiger charge is 2.21. The van der Waals surface area contributed by atoms with Gasteiger partial charge in [-0.1, -0.05) is 31.0 Å². The lowest BCUT2D eigenvalue weighted by molar-refractivity contribution is 0.601. The largest absolute Gasteiger partial charge is 0.326 e. The van der Waals surface area contributed by atoms with Gasteiger partial charge in [0.05, 0.1) is 5.69 Å². The van der Waals surface area contributed by atoms with Crippen LogP contribution < -0.4 is 5.32 Å². The topological polar surface area (TPSA) is 29.9 Å². The molecule has 1 aromatic heterocycles. The van der Waals surface area contributed by atoms with Crippen molar-refractivity contribution < 1.29 is 0 Å². The van der Waals surface area contributed by atoms with E-state index in [9.17, 15) is 0 Å². The minimum atomic E-state index is 0.956. The van der Waals surface area contributed by atoms with Crippen molar-refractivity contribution in [2.24, 2.45) is 5.92 Å². The molecule has 0 radical (unpaired) electrons. The number of benzene rings is 1. The molecular formula is C15H19N3. The van der Waals surface area contributed by atoms with Gasteiger partial charge in [0.15, 0.2) is 0 Å². The molecule has 0 atom stereocenters. The summed E-state index contributed by atoms with van der Waals surface area (Å²) in [5.74, 6) is 1.91. The van der Waals surface area contributed by atoms with Crippen LogP contribution in [0.2, 0.25) is 0 Å². The van der Waals surface area contributed by atoms with Gasteiger partial charge in [-0.2, -0.15) is 0 Å². The Morgan fingerprint density at radius 2 is 2.06 bits per heavy atom. The smallest absolute Gasteiger partial charge is 0.207 e. The summed E-state index contributed by atoms with van der Waals surface area (Å²) in [6.07, 6.45) is 6.23. The summed E-state index contributed by atoms with van der Waals surface area (Å²) >= 11 is 0. The Balaban J connectivity index is 1.73. The van der Waals surface area contributed by atoms with Crippen LogP contribution in [0.25, 0.3) is 0 Å². The first kappa shape index (κ1) is 11.3. The van der Waals surface area contributed by atoms with Crippen molar-refractivity contribution in [1.82, 2.24) is 9.55 Å². The first-order valence-electron chi connectivity index (χ1n) is 6.67. The molecule has 0 amide bonds. The summed E-state index contributed by atoms with van der Waals surface area (Å²) < 4.78 is 2.24. The van der Waals surface area contributed by atoms with Crippen molar-refractivity contribution in [3.63, 3.8) is 0 Å². The number of hydrogen-bond acceptors (Lipinski definition) is 2. The third-order valence-corrected chi connectivity index (χ3v) is 3.40. The minimum Gasteiger partial charge on any atom is -0.326 e. The Morgan fingerprint density at radius 1 is 1.28 bits per heavy atom. The molecule has 0 unspecified atom stereocenters. The number of para-hydroxylation sites is 1. The van der Waals surface area contributed by atoms with Crippen LogP contribution in [0.1, 0.15) is 25.0 Å². The number of rotatable bonds is 5. The van der Waals surface area contributed by atoms with E-state index >= 15 is 0 Å². The number of aromatic nitrogens is 2. The van der Waals surface area contributed by atoms with Gasteiger partial charge in [0.25, 0.3) is 0 Å².